The van der Waals surface area contributed by atoms with Gasteiger partial charge in [-0.2, -0.15) is 4.99 Å². The summed E-state index contributed by atoms with van der Waals surface area (Å²) < 4.78 is 15.1. The maximum absolute atomic E-state index is 13.2. The fraction of sp³-hybridized carbons (Fsp3) is 0.0833. The Hall–Kier alpha value is -3.31. The SMILES string of the molecule is Cc1ccc(-c2c(-c3ccccc3)sc(=NC(=O)c3ccc(F)cc3)n2C)cc1. The maximum Gasteiger partial charge on any atom is 0.279 e. The molecule has 0 aliphatic heterocycles. The van der Waals surface area contributed by atoms with Crippen LogP contribution in [0.25, 0.3) is 21.7 Å². The number of thiazole rings is 1. The van der Waals surface area contributed by atoms with E-state index in [-0.39, 0.29) is 5.82 Å². The minimum atomic E-state index is -0.392. The number of halogens is 1. The summed E-state index contributed by atoms with van der Waals surface area (Å²) in [6.45, 7) is 2.05. The van der Waals surface area contributed by atoms with Crippen molar-refractivity contribution in [2.45, 2.75) is 6.92 Å². The van der Waals surface area contributed by atoms with Crippen LogP contribution in [-0.4, -0.2) is 10.5 Å². The highest BCUT2D eigenvalue weighted by molar-refractivity contribution is 7.13. The quantitative estimate of drug-likeness (QED) is 0.439. The summed E-state index contributed by atoms with van der Waals surface area (Å²) in [5.74, 6) is -0.770. The summed E-state index contributed by atoms with van der Waals surface area (Å²) in [7, 11) is 1.91. The van der Waals surface area contributed by atoms with Crippen molar-refractivity contribution in [3.63, 3.8) is 0 Å². The molecule has 1 heterocycles. The zero-order valence-electron chi connectivity index (χ0n) is 16.1. The zero-order chi connectivity index (χ0) is 20.4. The Labute approximate surface area is 172 Å². The molecule has 0 saturated carbocycles. The fourth-order valence-electron chi connectivity index (χ4n) is 3.12. The molecule has 0 aliphatic rings. The highest BCUT2D eigenvalue weighted by Crippen LogP contribution is 2.34. The molecule has 0 bridgehead atoms. The van der Waals surface area contributed by atoms with E-state index in [1.54, 1.807) is 0 Å². The number of benzene rings is 3. The Kier molecular flexibility index (Phi) is 5.23. The molecule has 0 atom stereocenters. The highest BCUT2D eigenvalue weighted by atomic mass is 32.1. The molecule has 29 heavy (non-hydrogen) atoms. The third-order valence-corrected chi connectivity index (χ3v) is 5.86. The van der Waals surface area contributed by atoms with Gasteiger partial charge < -0.3 is 4.57 Å². The zero-order valence-corrected chi connectivity index (χ0v) is 16.9. The van der Waals surface area contributed by atoms with E-state index in [0.29, 0.717) is 10.4 Å². The molecule has 0 N–H and O–H groups in total. The van der Waals surface area contributed by atoms with Crippen LogP contribution < -0.4 is 4.80 Å². The van der Waals surface area contributed by atoms with Gasteiger partial charge in [-0.25, -0.2) is 4.39 Å². The van der Waals surface area contributed by atoms with Crippen LogP contribution in [0.2, 0.25) is 0 Å². The predicted molar refractivity (Wildman–Crippen MR) is 115 cm³/mol. The number of aromatic nitrogens is 1. The Morgan fingerprint density at radius 3 is 2.21 bits per heavy atom. The highest BCUT2D eigenvalue weighted by Gasteiger charge is 2.16. The van der Waals surface area contributed by atoms with Gasteiger partial charge in [0.25, 0.3) is 5.91 Å². The van der Waals surface area contributed by atoms with Gasteiger partial charge in [-0.1, -0.05) is 71.5 Å². The van der Waals surface area contributed by atoms with E-state index in [1.807, 2.05) is 29.8 Å². The molecular weight excluding hydrogens is 383 g/mol. The van der Waals surface area contributed by atoms with Gasteiger partial charge >= 0.3 is 0 Å². The standard InChI is InChI=1S/C24H19FN2OS/c1-16-8-10-17(11-9-16)21-22(18-6-4-3-5-7-18)29-24(27(21)2)26-23(28)19-12-14-20(25)15-13-19/h3-15H,1-2H3. The van der Waals surface area contributed by atoms with E-state index < -0.39 is 5.91 Å². The average Bonchev–Trinajstić information content (AvgIpc) is 3.06. The number of carbonyl (C=O) groups excluding carboxylic acids is 1. The number of aryl methyl sites for hydroxylation is 1. The lowest BCUT2D eigenvalue weighted by Gasteiger charge is -2.08. The summed E-state index contributed by atoms with van der Waals surface area (Å²) >= 11 is 1.47. The Morgan fingerprint density at radius 1 is 0.897 bits per heavy atom. The minimum absolute atomic E-state index is 0.359. The minimum Gasteiger partial charge on any atom is -0.319 e. The lowest BCUT2D eigenvalue weighted by atomic mass is 10.1. The van der Waals surface area contributed by atoms with E-state index in [4.69, 9.17) is 0 Å². The van der Waals surface area contributed by atoms with Gasteiger partial charge in [-0.3, -0.25) is 4.79 Å². The van der Waals surface area contributed by atoms with E-state index in [1.165, 1.54) is 41.2 Å². The monoisotopic (exact) mass is 402 g/mol. The van der Waals surface area contributed by atoms with Gasteiger partial charge in [0.15, 0.2) is 4.80 Å². The lowest BCUT2D eigenvalue weighted by molar-refractivity contribution is 0.0998. The Morgan fingerprint density at radius 2 is 1.55 bits per heavy atom. The third-order valence-electron chi connectivity index (χ3n) is 4.68. The molecule has 0 unspecified atom stereocenters. The van der Waals surface area contributed by atoms with E-state index in [2.05, 4.69) is 48.3 Å². The molecule has 4 rings (SSSR count). The molecule has 1 aromatic heterocycles. The van der Waals surface area contributed by atoms with E-state index in [0.717, 1.165) is 21.7 Å². The average molecular weight is 402 g/mol. The number of carbonyl (C=O) groups is 1. The number of nitrogens with zero attached hydrogens (tertiary/aromatic N) is 2. The maximum atomic E-state index is 13.2. The van der Waals surface area contributed by atoms with Gasteiger partial charge in [0.05, 0.1) is 10.6 Å². The van der Waals surface area contributed by atoms with Crippen molar-refractivity contribution in [1.82, 2.24) is 4.57 Å². The summed E-state index contributed by atoms with van der Waals surface area (Å²) in [5.41, 5.74) is 4.68. The number of hydrogen-bond acceptors (Lipinski definition) is 2. The topological polar surface area (TPSA) is 34.4 Å². The van der Waals surface area contributed by atoms with Crippen LogP contribution in [-0.2, 0) is 7.05 Å². The van der Waals surface area contributed by atoms with Crippen molar-refractivity contribution in [1.29, 1.82) is 0 Å². The van der Waals surface area contributed by atoms with Gasteiger partial charge in [-0.15, -0.1) is 0 Å². The molecule has 144 valence electrons. The molecule has 1 amide bonds. The first-order valence-electron chi connectivity index (χ1n) is 9.20. The normalized spacial score (nSPS) is 11.6. The molecule has 3 aromatic carbocycles. The van der Waals surface area contributed by atoms with E-state index in [9.17, 15) is 9.18 Å². The summed E-state index contributed by atoms with van der Waals surface area (Å²) in [6, 6.07) is 23.8. The van der Waals surface area contributed by atoms with Crippen molar-refractivity contribution < 1.29 is 9.18 Å². The van der Waals surface area contributed by atoms with Crippen molar-refractivity contribution in [3.8, 4) is 21.7 Å². The second-order valence-electron chi connectivity index (χ2n) is 6.78. The van der Waals surface area contributed by atoms with E-state index >= 15 is 0 Å². The molecule has 0 saturated heterocycles. The number of amides is 1. The molecule has 3 nitrogen and oxygen atoms in total. The van der Waals surface area contributed by atoms with Crippen LogP contribution >= 0.6 is 11.3 Å². The first-order chi connectivity index (χ1) is 14.0. The molecule has 0 spiro atoms. The predicted octanol–water partition coefficient (Wildman–Crippen LogP) is 5.61. The Bertz CT molecular complexity index is 1220. The van der Waals surface area contributed by atoms with Crippen LogP contribution in [0.1, 0.15) is 15.9 Å². The van der Waals surface area contributed by atoms with Gasteiger partial charge in [0, 0.05) is 12.6 Å². The smallest absolute Gasteiger partial charge is 0.279 e. The summed E-state index contributed by atoms with van der Waals surface area (Å²) in [5, 5.41) is 0. The van der Waals surface area contributed by atoms with Crippen molar-refractivity contribution in [3.05, 3.63) is 101 Å². The fourth-order valence-corrected chi connectivity index (χ4v) is 4.26. The van der Waals surface area contributed by atoms with Crippen molar-refractivity contribution in [2.24, 2.45) is 12.0 Å². The lowest BCUT2D eigenvalue weighted by Crippen LogP contribution is -2.14. The Balaban J connectivity index is 1.89. The second kappa shape index (κ2) is 7.97. The molecule has 4 aromatic rings. The molecule has 0 radical (unpaired) electrons. The third kappa shape index (κ3) is 3.96. The van der Waals surface area contributed by atoms with Crippen LogP contribution in [0.4, 0.5) is 4.39 Å². The summed E-state index contributed by atoms with van der Waals surface area (Å²) in [6.07, 6.45) is 0. The largest absolute Gasteiger partial charge is 0.319 e. The first kappa shape index (κ1) is 19.0. The van der Waals surface area contributed by atoms with Crippen LogP contribution in [0.5, 0.6) is 0 Å². The van der Waals surface area contributed by atoms with Crippen molar-refractivity contribution in [2.75, 3.05) is 0 Å². The summed E-state index contributed by atoms with van der Waals surface area (Å²) in [4.78, 5) is 18.6. The molecule has 0 fully saturated rings. The van der Waals surface area contributed by atoms with Crippen LogP contribution in [0, 0.1) is 12.7 Å². The van der Waals surface area contributed by atoms with Crippen LogP contribution in [0.15, 0.2) is 83.9 Å². The second-order valence-corrected chi connectivity index (χ2v) is 7.75. The van der Waals surface area contributed by atoms with Crippen LogP contribution in [0.3, 0.4) is 0 Å². The van der Waals surface area contributed by atoms with Gasteiger partial charge in [0.1, 0.15) is 5.82 Å². The molecule has 5 heteroatoms. The molecule has 0 aliphatic carbocycles. The first-order valence-corrected chi connectivity index (χ1v) is 10.0. The number of rotatable bonds is 3. The number of hydrogen-bond donors (Lipinski definition) is 0. The van der Waals surface area contributed by atoms with Gasteiger partial charge in [0.2, 0.25) is 0 Å². The molecular formula is C24H19FN2OS. The van der Waals surface area contributed by atoms with Gasteiger partial charge in [-0.05, 0) is 42.3 Å². The van der Waals surface area contributed by atoms with Crippen molar-refractivity contribution >= 4 is 17.2 Å².